The number of halogens is 1. The molecule has 1 atom stereocenters. The van der Waals surface area contributed by atoms with Gasteiger partial charge in [0, 0.05) is 11.1 Å². The Morgan fingerprint density at radius 1 is 1.47 bits per heavy atom. The normalized spacial score (nSPS) is 16.9. The minimum absolute atomic E-state index is 0.124. The minimum Gasteiger partial charge on any atom is -0.493 e. The summed E-state index contributed by atoms with van der Waals surface area (Å²) in [5.41, 5.74) is 6.95. The van der Waals surface area contributed by atoms with E-state index in [2.05, 4.69) is 0 Å². The molecule has 2 nitrogen and oxygen atoms in total. The fraction of sp³-hybridized carbons (Fsp3) is 0.571. The number of hydrogen-bond donors (Lipinski definition) is 1. The first kappa shape index (κ1) is 12.7. The lowest BCUT2D eigenvalue weighted by molar-refractivity contribution is 0.299. The highest BCUT2D eigenvalue weighted by molar-refractivity contribution is 6.30. The van der Waals surface area contributed by atoms with Gasteiger partial charge < -0.3 is 10.5 Å². The zero-order valence-electron chi connectivity index (χ0n) is 10.3. The summed E-state index contributed by atoms with van der Waals surface area (Å²) in [5, 5.41) is 0.746. The highest BCUT2D eigenvalue weighted by atomic mass is 35.5. The third-order valence-electron chi connectivity index (χ3n) is 3.05. The van der Waals surface area contributed by atoms with Crippen molar-refractivity contribution in [2.24, 2.45) is 11.7 Å². The van der Waals surface area contributed by atoms with Crippen LogP contribution in [0.25, 0.3) is 0 Å². The molecule has 2 rings (SSSR count). The minimum atomic E-state index is 0.124. The maximum atomic E-state index is 6.00. The first-order valence-electron chi connectivity index (χ1n) is 6.32. The van der Waals surface area contributed by atoms with Gasteiger partial charge in [-0.15, -0.1) is 0 Å². The Kier molecular flexibility index (Phi) is 4.30. The summed E-state index contributed by atoms with van der Waals surface area (Å²) in [7, 11) is 0. The summed E-state index contributed by atoms with van der Waals surface area (Å²) >= 11 is 6.00. The van der Waals surface area contributed by atoms with Crippen LogP contribution in [0.4, 0.5) is 0 Å². The number of rotatable bonds is 6. The van der Waals surface area contributed by atoms with Gasteiger partial charge in [-0.3, -0.25) is 0 Å². The second-order valence-corrected chi connectivity index (χ2v) is 5.45. The van der Waals surface area contributed by atoms with Crippen molar-refractivity contribution < 1.29 is 4.74 Å². The molecule has 2 N–H and O–H groups in total. The first-order valence-corrected chi connectivity index (χ1v) is 6.70. The Bertz CT molecular complexity index is 374. The van der Waals surface area contributed by atoms with Gasteiger partial charge in [0.05, 0.1) is 6.61 Å². The van der Waals surface area contributed by atoms with Gasteiger partial charge in [0.15, 0.2) is 0 Å². The molecular weight excluding hydrogens is 234 g/mol. The predicted octanol–water partition coefficient (Wildman–Crippen LogP) is 3.41. The van der Waals surface area contributed by atoms with Crippen LogP contribution in [0.5, 0.6) is 5.75 Å². The van der Waals surface area contributed by atoms with Crippen LogP contribution in [-0.2, 0) is 6.42 Å². The smallest absolute Gasteiger partial charge is 0.122 e. The van der Waals surface area contributed by atoms with Crippen LogP contribution in [0.1, 0.15) is 31.7 Å². The topological polar surface area (TPSA) is 35.2 Å². The molecule has 1 aliphatic carbocycles. The van der Waals surface area contributed by atoms with Crippen LogP contribution in [0, 0.1) is 5.92 Å². The first-order chi connectivity index (χ1) is 8.15. The van der Waals surface area contributed by atoms with Gasteiger partial charge >= 0.3 is 0 Å². The van der Waals surface area contributed by atoms with E-state index >= 15 is 0 Å². The van der Waals surface area contributed by atoms with Gasteiger partial charge in [-0.05, 0) is 49.4 Å². The lowest BCUT2D eigenvalue weighted by Crippen LogP contribution is -2.18. The lowest BCUT2D eigenvalue weighted by atomic mass is 10.1. The van der Waals surface area contributed by atoms with Crippen molar-refractivity contribution in [2.45, 2.75) is 38.6 Å². The Labute approximate surface area is 108 Å². The van der Waals surface area contributed by atoms with E-state index in [4.69, 9.17) is 22.1 Å². The van der Waals surface area contributed by atoms with Crippen molar-refractivity contribution in [1.29, 1.82) is 0 Å². The monoisotopic (exact) mass is 253 g/mol. The molecule has 1 fully saturated rings. The largest absolute Gasteiger partial charge is 0.493 e. The third kappa shape index (κ3) is 4.21. The van der Waals surface area contributed by atoms with Gasteiger partial charge in [0.25, 0.3) is 0 Å². The summed E-state index contributed by atoms with van der Waals surface area (Å²) in [6.07, 6.45) is 4.72. The molecule has 1 unspecified atom stereocenters. The van der Waals surface area contributed by atoms with E-state index in [-0.39, 0.29) is 6.04 Å². The third-order valence-corrected chi connectivity index (χ3v) is 3.28. The standard InChI is InChI=1S/C14H20ClNO/c1-10(16)8-12-9-13(15)4-5-14(12)17-7-6-11-2-3-11/h4-5,9-11H,2-3,6-8,16H2,1H3. The highest BCUT2D eigenvalue weighted by Gasteiger charge is 2.20. The van der Waals surface area contributed by atoms with Crippen molar-refractivity contribution in [1.82, 2.24) is 0 Å². The molecule has 0 aliphatic heterocycles. The number of ether oxygens (including phenoxy) is 1. The molecule has 0 heterocycles. The van der Waals surface area contributed by atoms with Crippen molar-refractivity contribution in [3.05, 3.63) is 28.8 Å². The highest BCUT2D eigenvalue weighted by Crippen LogP contribution is 2.32. The maximum absolute atomic E-state index is 6.00. The SMILES string of the molecule is CC(N)Cc1cc(Cl)ccc1OCCC1CC1. The maximum Gasteiger partial charge on any atom is 0.122 e. The van der Waals surface area contributed by atoms with Gasteiger partial charge in [-0.2, -0.15) is 0 Å². The molecule has 17 heavy (non-hydrogen) atoms. The molecule has 1 aromatic carbocycles. The van der Waals surface area contributed by atoms with Gasteiger partial charge in [0.1, 0.15) is 5.75 Å². The molecule has 1 saturated carbocycles. The van der Waals surface area contributed by atoms with Crippen molar-refractivity contribution in [3.63, 3.8) is 0 Å². The van der Waals surface area contributed by atoms with E-state index in [1.54, 1.807) is 0 Å². The van der Waals surface area contributed by atoms with Gasteiger partial charge in [-0.1, -0.05) is 24.4 Å². The molecule has 0 amide bonds. The fourth-order valence-electron chi connectivity index (χ4n) is 1.94. The summed E-state index contributed by atoms with van der Waals surface area (Å²) in [4.78, 5) is 0. The number of nitrogens with two attached hydrogens (primary N) is 1. The van der Waals surface area contributed by atoms with Crippen LogP contribution < -0.4 is 10.5 Å². The molecule has 0 radical (unpaired) electrons. The summed E-state index contributed by atoms with van der Waals surface area (Å²) in [5.74, 6) is 1.84. The summed E-state index contributed by atoms with van der Waals surface area (Å²) in [6.45, 7) is 2.80. The van der Waals surface area contributed by atoms with Gasteiger partial charge in [-0.25, -0.2) is 0 Å². The molecule has 1 aromatic rings. The quantitative estimate of drug-likeness (QED) is 0.843. The second-order valence-electron chi connectivity index (χ2n) is 5.01. The van der Waals surface area contributed by atoms with Crippen LogP contribution in [0.3, 0.4) is 0 Å². The van der Waals surface area contributed by atoms with Crippen molar-refractivity contribution in [2.75, 3.05) is 6.61 Å². The molecule has 0 spiro atoms. The van der Waals surface area contributed by atoms with Crippen LogP contribution in [-0.4, -0.2) is 12.6 Å². The van der Waals surface area contributed by atoms with E-state index in [1.165, 1.54) is 19.3 Å². The van der Waals surface area contributed by atoms with E-state index in [0.717, 1.165) is 35.3 Å². The molecule has 0 bridgehead atoms. The fourth-order valence-corrected chi connectivity index (χ4v) is 2.13. The Morgan fingerprint density at radius 3 is 2.88 bits per heavy atom. The molecule has 3 heteroatoms. The molecule has 1 aliphatic rings. The van der Waals surface area contributed by atoms with Gasteiger partial charge in [0.2, 0.25) is 0 Å². The number of hydrogen-bond acceptors (Lipinski definition) is 2. The Balaban J connectivity index is 1.96. The van der Waals surface area contributed by atoms with Crippen LogP contribution in [0.2, 0.25) is 5.02 Å². The van der Waals surface area contributed by atoms with Crippen molar-refractivity contribution in [3.8, 4) is 5.75 Å². The van der Waals surface area contributed by atoms with E-state index in [9.17, 15) is 0 Å². The molecule has 94 valence electrons. The van der Waals surface area contributed by atoms with E-state index in [0.29, 0.717) is 0 Å². The zero-order valence-corrected chi connectivity index (χ0v) is 11.0. The lowest BCUT2D eigenvalue weighted by Gasteiger charge is -2.13. The van der Waals surface area contributed by atoms with Crippen LogP contribution in [0.15, 0.2) is 18.2 Å². The van der Waals surface area contributed by atoms with Crippen molar-refractivity contribution >= 4 is 11.6 Å². The average molecular weight is 254 g/mol. The Morgan fingerprint density at radius 2 is 2.24 bits per heavy atom. The van der Waals surface area contributed by atoms with E-state index < -0.39 is 0 Å². The average Bonchev–Trinajstić information content (AvgIpc) is 3.04. The van der Waals surface area contributed by atoms with E-state index in [1.807, 2.05) is 25.1 Å². The molecule has 0 aromatic heterocycles. The second kappa shape index (κ2) is 5.74. The zero-order chi connectivity index (χ0) is 12.3. The summed E-state index contributed by atoms with van der Waals surface area (Å²) in [6, 6.07) is 5.91. The predicted molar refractivity (Wildman–Crippen MR) is 71.6 cm³/mol. The number of benzene rings is 1. The Hall–Kier alpha value is -0.730. The molecular formula is C14H20ClNO. The summed E-state index contributed by atoms with van der Waals surface area (Å²) < 4.78 is 5.83. The van der Waals surface area contributed by atoms with Crippen LogP contribution >= 0.6 is 11.6 Å². The molecule has 0 saturated heterocycles.